The number of rotatable bonds is 5. The number of aromatic nitrogens is 2. The molecule has 0 amide bonds. The highest BCUT2D eigenvalue weighted by molar-refractivity contribution is 9.10. The fourth-order valence-corrected chi connectivity index (χ4v) is 2.25. The van der Waals surface area contributed by atoms with Crippen molar-refractivity contribution in [1.29, 1.82) is 0 Å². The average Bonchev–Trinajstić information content (AvgIpc) is 2.87. The van der Waals surface area contributed by atoms with Crippen LogP contribution in [0.1, 0.15) is 19.8 Å². The summed E-state index contributed by atoms with van der Waals surface area (Å²) in [7, 11) is 0. The van der Waals surface area contributed by atoms with Crippen LogP contribution in [0.15, 0.2) is 16.9 Å². The first kappa shape index (κ1) is 12.1. The summed E-state index contributed by atoms with van der Waals surface area (Å²) in [6, 6.07) is 0.413. The van der Waals surface area contributed by atoms with E-state index in [2.05, 4.69) is 33.3 Å². The van der Waals surface area contributed by atoms with E-state index < -0.39 is 0 Å². The first-order valence-electron chi connectivity index (χ1n) is 5.77. The van der Waals surface area contributed by atoms with Gasteiger partial charge in [0.05, 0.1) is 23.3 Å². The lowest BCUT2D eigenvalue weighted by Crippen LogP contribution is -2.36. The Morgan fingerprint density at radius 3 is 3.25 bits per heavy atom. The van der Waals surface area contributed by atoms with E-state index in [0.717, 1.165) is 24.2 Å². The van der Waals surface area contributed by atoms with Crippen LogP contribution in [0.3, 0.4) is 0 Å². The van der Waals surface area contributed by atoms with Gasteiger partial charge in [0.2, 0.25) is 0 Å². The second-order valence-corrected chi connectivity index (χ2v) is 5.24. The number of hydrogen-bond donors (Lipinski definition) is 1. The Bertz CT molecular complexity index is 323. The van der Waals surface area contributed by atoms with Crippen molar-refractivity contribution in [2.75, 3.05) is 13.2 Å². The molecule has 16 heavy (non-hydrogen) atoms. The minimum absolute atomic E-state index is 0.409. The summed E-state index contributed by atoms with van der Waals surface area (Å²) in [5, 5.41) is 7.72. The van der Waals surface area contributed by atoms with Gasteiger partial charge >= 0.3 is 0 Å². The van der Waals surface area contributed by atoms with E-state index in [0.29, 0.717) is 12.1 Å². The van der Waals surface area contributed by atoms with Gasteiger partial charge in [-0.2, -0.15) is 5.10 Å². The fourth-order valence-electron chi connectivity index (χ4n) is 1.92. The molecule has 0 aromatic carbocycles. The lowest BCUT2D eigenvalue weighted by Gasteiger charge is -2.16. The molecule has 4 nitrogen and oxygen atoms in total. The highest BCUT2D eigenvalue weighted by Gasteiger charge is 2.15. The van der Waals surface area contributed by atoms with Crippen LogP contribution < -0.4 is 5.32 Å². The van der Waals surface area contributed by atoms with Crippen LogP contribution in [0, 0.1) is 0 Å². The summed E-state index contributed by atoms with van der Waals surface area (Å²) in [5.74, 6) is 0. The van der Waals surface area contributed by atoms with Crippen molar-refractivity contribution in [1.82, 2.24) is 15.1 Å². The van der Waals surface area contributed by atoms with E-state index in [1.165, 1.54) is 12.8 Å². The summed E-state index contributed by atoms with van der Waals surface area (Å²) in [5.41, 5.74) is 0. The van der Waals surface area contributed by atoms with Gasteiger partial charge in [-0.15, -0.1) is 0 Å². The number of nitrogens with zero attached hydrogens (tertiary/aromatic N) is 2. The maximum Gasteiger partial charge on any atom is 0.0700 e. The molecule has 1 aliphatic rings. The molecule has 1 aromatic heterocycles. The van der Waals surface area contributed by atoms with Gasteiger partial charge in [0, 0.05) is 25.4 Å². The Morgan fingerprint density at radius 1 is 1.75 bits per heavy atom. The molecule has 1 aliphatic heterocycles. The molecule has 0 aliphatic carbocycles. The van der Waals surface area contributed by atoms with Crippen molar-refractivity contribution in [3.05, 3.63) is 16.9 Å². The van der Waals surface area contributed by atoms with E-state index in [1.54, 1.807) is 0 Å². The number of ether oxygens (including phenoxy) is 1. The molecule has 90 valence electrons. The van der Waals surface area contributed by atoms with Crippen LogP contribution >= 0.6 is 15.9 Å². The topological polar surface area (TPSA) is 39.1 Å². The van der Waals surface area contributed by atoms with Crippen molar-refractivity contribution >= 4 is 15.9 Å². The molecule has 2 rings (SSSR count). The van der Waals surface area contributed by atoms with E-state index in [1.807, 2.05) is 17.1 Å². The van der Waals surface area contributed by atoms with Gasteiger partial charge < -0.3 is 10.1 Å². The molecular formula is C11H18BrN3O. The number of nitrogens with one attached hydrogen (secondary N) is 1. The molecule has 1 saturated heterocycles. The largest absolute Gasteiger partial charge is 0.377 e. The van der Waals surface area contributed by atoms with Crippen molar-refractivity contribution in [3.8, 4) is 0 Å². The van der Waals surface area contributed by atoms with Gasteiger partial charge in [-0.3, -0.25) is 4.68 Å². The first-order chi connectivity index (χ1) is 7.74. The second-order valence-electron chi connectivity index (χ2n) is 4.32. The summed E-state index contributed by atoms with van der Waals surface area (Å²) < 4.78 is 8.53. The summed E-state index contributed by atoms with van der Waals surface area (Å²) in [6.07, 6.45) is 6.60. The second kappa shape index (κ2) is 5.80. The molecule has 0 radical (unpaired) electrons. The van der Waals surface area contributed by atoms with Crippen LogP contribution in [0.5, 0.6) is 0 Å². The Labute approximate surface area is 104 Å². The van der Waals surface area contributed by atoms with Crippen molar-refractivity contribution in [2.45, 2.75) is 38.5 Å². The third-order valence-electron chi connectivity index (χ3n) is 2.78. The van der Waals surface area contributed by atoms with Crippen molar-refractivity contribution in [2.24, 2.45) is 0 Å². The first-order valence-corrected chi connectivity index (χ1v) is 6.56. The monoisotopic (exact) mass is 287 g/mol. The van der Waals surface area contributed by atoms with E-state index >= 15 is 0 Å². The molecule has 2 unspecified atom stereocenters. The minimum Gasteiger partial charge on any atom is -0.377 e. The third kappa shape index (κ3) is 3.57. The van der Waals surface area contributed by atoms with Gasteiger partial charge in [0.25, 0.3) is 0 Å². The maximum absolute atomic E-state index is 5.57. The standard InChI is InChI=1S/C11H18BrN3O/c1-9(7-15-8-10(12)5-14-15)13-6-11-3-2-4-16-11/h5,8-9,11,13H,2-4,6-7H2,1H3. The third-order valence-corrected chi connectivity index (χ3v) is 3.19. The molecule has 2 atom stereocenters. The average molecular weight is 288 g/mol. The maximum atomic E-state index is 5.57. The molecule has 1 N–H and O–H groups in total. The highest BCUT2D eigenvalue weighted by Crippen LogP contribution is 2.11. The molecular weight excluding hydrogens is 270 g/mol. The molecule has 0 saturated carbocycles. The van der Waals surface area contributed by atoms with Gasteiger partial charge in [0.1, 0.15) is 0 Å². The molecule has 1 aromatic rings. The predicted molar refractivity (Wildman–Crippen MR) is 66.4 cm³/mol. The smallest absolute Gasteiger partial charge is 0.0700 e. The van der Waals surface area contributed by atoms with Crippen LogP contribution in [-0.4, -0.2) is 35.1 Å². The lowest BCUT2D eigenvalue weighted by atomic mass is 10.2. The van der Waals surface area contributed by atoms with Gasteiger partial charge in [-0.05, 0) is 35.7 Å². The summed E-state index contributed by atoms with van der Waals surface area (Å²) in [6.45, 7) is 4.93. The zero-order chi connectivity index (χ0) is 11.4. The normalized spacial score (nSPS) is 22.5. The van der Waals surface area contributed by atoms with E-state index in [9.17, 15) is 0 Å². The molecule has 1 fully saturated rings. The Hall–Kier alpha value is -0.390. The molecule has 5 heteroatoms. The van der Waals surface area contributed by atoms with Crippen molar-refractivity contribution in [3.63, 3.8) is 0 Å². The van der Waals surface area contributed by atoms with Crippen LogP contribution in [0.4, 0.5) is 0 Å². The Morgan fingerprint density at radius 2 is 2.62 bits per heavy atom. The molecule has 0 spiro atoms. The van der Waals surface area contributed by atoms with Crippen LogP contribution in [-0.2, 0) is 11.3 Å². The molecule has 0 bridgehead atoms. The minimum atomic E-state index is 0.409. The Kier molecular flexibility index (Phi) is 4.37. The van der Waals surface area contributed by atoms with Gasteiger partial charge in [0.15, 0.2) is 0 Å². The highest BCUT2D eigenvalue weighted by atomic mass is 79.9. The van der Waals surface area contributed by atoms with Crippen molar-refractivity contribution < 1.29 is 4.74 Å². The van der Waals surface area contributed by atoms with Crippen LogP contribution in [0.2, 0.25) is 0 Å². The quantitative estimate of drug-likeness (QED) is 0.898. The summed E-state index contributed by atoms with van der Waals surface area (Å²) in [4.78, 5) is 0. The molecule has 2 heterocycles. The SMILES string of the molecule is CC(Cn1cc(Br)cn1)NCC1CCCO1. The zero-order valence-electron chi connectivity index (χ0n) is 9.53. The van der Waals surface area contributed by atoms with Crippen LogP contribution in [0.25, 0.3) is 0 Å². The summed E-state index contributed by atoms with van der Waals surface area (Å²) >= 11 is 3.39. The number of halogens is 1. The van der Waals surface area contributed by atoms with E-state index in [-0.39, 0.29) is 0 Å². The van der Waals surface area contributed by atoms with Gasteiger partial charge in [-0.25, -0.2) is 0 Å². The zero-order valence-corrected chi connectivity index (χ0v) is 11.1. The van der Waals surface area contributed by atoms with Gasteiger partial charge in [-0.1, -0.05) is 0 Å². The fraction of sp³-hybridized carbons (Fsp3) is 0.727. The Balaban J connectivity index is 1.69. The lowest BCUT2D eigenvalue weighted by molar-refractivity contribution is 0.107. The number of hydrogen-bond acceptors (Lipinski definition) is 3. The van der Waals surface area contributed by atoms with E-state index in [4.69, 9.17) is 4.74 Å². The predicted octanol–water partition coefficient (Wildman–Crippen LogP) is 1.80.